The maximum absolute atomic E-state index is 13.4. The third kappa shape index (κ3) is 2.39. The van der Waals surface area contributed by atoms with Crippen molar-refractivity contribution in [1.29, 1.82) is 0 Å². The van der Waals surface area contributed by atoms with Crippen molar-refractivity contribution in [3.05, 3.63) is 36.2 Å². The van der Waals surface area contributed by atoms with E-state index in [1.807, 2.05) is 0 Å². The number of phenols is 1. The van der Waals surface area contributed by atoms with E-state index in [1.165, 1.54) is 12.3 Å². The molecule has 0 saturated carbocycles. The van der Waals surface area contributed by atoms with Crippen molar-refractivity contribution in [3.63, 3.8) is 0 Å². The van der Waals surface area contributed by atoms with Crippen molar-refractivity contribution in [1.82, 2.24) is 4.98 Å². The summed E-state index contributed by atoms with van der Waals surface area (Å²) in [6.45, 7) is -1.36. The van der Waals surface area contributed by atoms with Gasteiger partial charge >= 0.3 is 0 Å². The standard InChI is InChI=1S/C13H12F3NO/c14-7-10(16)9(15)6-11-13-8(4-5-17-11)2-1-3-12(13)18/h1-5,9-10,18H,6-7H2. The van der Waals surface area contributed by atoms with Gasteiger partial charge in [-0.15, -0.1) is 0 Å². The van der Waals surface area contributed by atoms with Crippen LogP contribution in [0.25, 0.3) is 10.8 Å². The summed E-state index contributed by atoms with van der Waals surface area (Å²) in [6, 6.07) is 6.49. The molecule has 5 heteroatoms. The van der Waals surface area contributed by atoms with Crippen LogP contribution in [0.15, 0.2) is 30.5 Å². The number of phenolic OH excluding ortho intramolecular Hbond substituents is 1. The molecule has 0 aliphatic rings. The highest BCUT2D eigenvalue weighted by atomic mass is 19.2. The van der Waals surface area contributed by atoms with Crippen molar-refractivity contribution < 1.29 is 18.3 Å². The molecule has 0 bridgehead atoms. The maximum atomic E-state index is 13.4. The van der Waals surface area contributed by atoms with Gasteiger partial charge in [-0.1, -0.05) is 12.1 Å². The van der Waals surface area contributed by atoms with E-state index in [9.17, 15) is 18.3 Å². The van der Waals surface area contributed by atoms with E-state index in [2.05, 4.69) is 4.98 Å². The van der Waals surface area contributed by atoms with Crippen LogP contribution in [0.4, 0.5) is 13.2 Å². The molecule has 0 aliphatic carbocycles. The second-order valence-electron chi connectivity index (χ2n) is 4.02. The van der Waals surface area contributed by atoms with E-state index in [-0.39, 0.29) is 17.9 Å². The first-order valence-corrected chi connectivity index (χ1v) is 5.53. The second-order valence-corrected chi connectivity index (χ2v) is 4.02. The van der Waals surface area contributed by atoms with Gasteiger partial charge in [-0.25, -0.2) is 13.2 Å². The van der Waals surface area contributed by atoms with E-state index in [4.69, 9.17) is 0 Å². The zero-order valence-corrected chi connectivity index (χ0v) is 9.48. The van der Waals surface area contributed by atoms with E-state index in [0.717, 1.165) is 0 Å². The topological polar surface area (TPSA) is 33.1 Å². The Hall–Kier alpha value is -1.78. The number of rotatable bonds is 4. The fourth-order valence-electron chi connectivity index (χ4n) is 1.85. The predicted molar refractivity (Wildman–Crippen MR) is 62.9 cm³/mol. The van der Waals surface area contributed by atoms with Gasteiger partial charge in [0.15, 0.2) is 6.17 Å². The lowest BCUT2D eigenvalue weighted by atomic mass is 10.0. The van der Waals surface area contributed by atoms with Crippen LogP contribution in [0, 0.1) is 0 Å². The highest BCUT2D eigenvalue weighted by Gasteiger charge is 2.22. The van der Waals surface area contributed by atoms with Crippen LogP contribution in [0.2, 0.25) is 0 Å². The molecule has 1 N–H and O–H groups in total. The van der Waals surface area contributed by atoms with Crippen molar-refractivity contribution >= 4 is 10.8 Å². The van der Waals surface area contributed by atoms with Gasteiger partial charge in [0.2, 0.25) is 0 Å². The summed E-state index contributed by atoms with van der Waals surface area (Å²) in [5, 5.41) is 10.8. The van der Waals surface area contributed by atoms with Gasteiger partial charge < -0.3 is 5.11 Å². The highest BCUT2D eigenvalue weighted by molar-refractivity contribution is 5.89. The molecular weight excluding hydrogens is 243 g/mol. The Morgan fingerprint density at radius 2 is 1.94 bits per heavy atom. The number of benzene rings is 1. The van der Waals surface area contributed by atoms with Crippen molar-refractivity contribution in [3.8, 4) is 5.75 Å². The molecular formula is C13H12F3NO. The molecule has 96 valence electrons. The number of hydrogen-bond donors (Lipinski definition) is 1. The maximum Gasteiger partial charge on any atom is 0.160 e. The minimum absolute atomic E-state index is 0.0431. The minimum atomic E-state index is -2.16. The van der Waals surface area contributed by atoms with Crippen LogP contribution >= 0.6 is 0 Å². The number of fused-ring (bicyclic) bond motifs is 1. The molecule has 0 radical (unpaired) electrons. The molecule has 2 unspecified atom stereocenters. The van der Waals surface area contributed by atoms with E-state index in [0.29, 0.717) is 10.8 Å². The quantitative estimate of drug-likeness (QED) is 0.910. The van der Waals surface area contributed by atoms with Gasteiger partial charge in [-0.05, 0) is 17.5 Å². The molecule has 0 amide bonds. The first kappa shape index (κ1) is 12.7. The Morgan fingerprint density at radius 3 is 2.67 bits per heavy atom. The fourth-order valence-corrected chi connectivity index (χ4v) is 1.85. The number of aromatic nitrogens is 1. The highest BCUT2D eigenvalue weighted by Crippen LogP contribution is 2.28. The number of pyridine rings is 1. The fraction of sp³-hybridized carbons (Fsp3) is 0.308. The zero-order valence-electron chi connectivity index (χ0n) is 9.48. The van der Waals surface area contributed by atoms with Crippen molar-refractivity contribution in [2.24, 2.45) is 0 Å². The zero-order chi connectivity index (χ0) is 13.1. The van der Waals surface area contributed by atoms with Gasteiger partial charge in [-0.3, -0.25) is 4.98 Å². The van der Waals surface area contributed by atoms with E-state index in [1.54, 1.807) is 18.2 Å². The molecule has 0 fully saturated rings. The molecule has 2 rings (SSSR count). The number of alkyl halides is 3. The predicted octanol–water partition coefficient (Wildman–Crippen LogP) is 3.13. The number of aromatic hydroxyl groups is 1. The summed E-state index contributed by atoms with van der Waals surface area (Å²) in [6.07, 6.45) is -3.03. The Bertz CT molecular complexity index is 541. The molecule has 1 aromatic carbocycles. The van der Waals surface area contributed by atoms with Crippen molar-refractivity contribution in [2.75, 3.05) is 6.67 Å². The molecule has 2 nitrogen and oxygen atoms in total. The normalized spacial score (nSPS) is 14.6. The van der Waals surface area contributed by atoms with Crippen LogP contribution in [0.5, 0.6) is 5.75 Å². The summed E-state index contributed by atoms with van der Waals surface area (Å²) >= 11 is 0. The third-order valence-corrected chi connectivity index (χ3v) is 2.78. The lowest BCUT2D eigenvalue weighted by Crippen LogP contribution is -2.22. The summed E-state index contributed by atoms with van der Waals surface area (Å²) < 4.78 is 38.3. The molecule has 0 aliphatic heterocycles. The molecule has 0 spiro atoms. The van der Waals surface area contributed by atoms with Gasteiger partial charge in [0.25, 0.3) is 0 Å². The number of halogens is 3. The Balaban J connectivity index is 2.39. The second kappa shape index (κ2) is 5.25. The van der Waals surface area contributed by atoms with Crippen molar-refractivity contribution in [2.45, 2.75) is 18.8 Å². The van der Waals surface area contributed by atoms with Crippen LogP contribution in [-0.4, -0.2) is 29.1 Å². The van der Waals surface area contributed by atoms with Gasteiger partial charge in [-0.2, -0.15) is 0 Å². The van der Waals surface area contributed by atoms with E-state index >= 15 is 0 Å². The molecule has 0 saturated heterocycles. The lowest BCUT2D eigenvalue weighted by molar-refractivity contribution is 0.136. The van der Waals surface area contributed by atoms with Crippen LogP contribution < -0.4 is 0 Å². The summed E-state index contributed by atoms with van der Waals surface area (Å²) in [5.74, 6) is -0.0431. The Morgan fingerprint density at radius 1 is 1.17 bits per heavy atom. The van der Waals surface area contributed by atoms with Gasteiger partial charge in [0.1, 0.15) is 18.6 Å². The van der Waals surface area contributed by atoms with E-state index < -0.39 is 19.0 Å². The summed E-state index contributed by atoms with van der Waals surface area (Å²) in [5.41, 5.74) is 0.231. The molecule has 2 aromatic rings. The third-order valence-electron chi connectivity index (χ3n) is 2.78. The monoisotopic (exact) mass is 255 g/mol. The number of hydrogen-bond acceptors (Lipinski definition) is 2. The van der Waals surface area contributed by atoms with Crippen LogP contribution in [0.1, 0.15) is 5.69 Å². The molecule has 1 heterocycles. The summed E-state index contributed by atoms with van der Waals surface area (Å²) in [4.78, 5) is 3.94. The van der Waals surface area contributed by atoms with Gasteiger partial charge in [0, 0.05) is 18.0 Å². The molecule has 1 aromatic heterocycles. The van der Waals surface area contributed by atoms with Gasteiger partial charge in [0.05, 0.1) is 5.69 Å². The first-order chi connectivity index (χ1) is 8.63. The smallest absolute Gasteiger partial charge is 0.160 e. The average Bonchev–Trinajstić information content (AvgIpc) is 2.38. The minimum Gasteiger partial charge on any atom is -0.507 e. The summed E-state index contributed by atoms with van der Waals surface area (Å²) in [7, 11) is 0. The largest absolute Gasteiger partial charge is 0.507 e. The number of nitrogens with zero attached hydrogens (tertiary/aromatic N) is 1. The van der Waals surface area contributed by atoms with Crippen LogP contribution in [0.3, 0.4) is 0 Å². The first-order valence-electron chi connectivity index (χ1n) is 5.53. The lowest BCUT2D eigenvalue weighted by Gasteiger charge is -2.12. The molecule has 2 atom stereocenters. The van der Waals surface area contributed by atoms with Crippen LogP contribution in [-0.2, 0) is 6.42 Å². The average molecular weight is 255 g/mol. The SMILES string of the molecule is Oc1cccc2ccnc(CC(F)C(F)CF)c12. The molecule has 18 heavy (non-hydrogen) atoms. The Labute approximate surface area is 102 Å². The Kier molecular flexibility index (Phi) is 3.69.